The first kappa shape index (κ1) is 54.5. The van der Waals surface area contributed by atoms with Crippen molar-refractivity contribution in [1.29, 1.82) is 0 Å². The Kier molecular flexibility index (Phi) is 32.9. The van der Waals surface area contributed by atoms with E-state index in [4.69, 9.17) is 24.3 Å². The number of phosphoric acid groups is 1. The van der Waals surface area contributed by atoms with Crippen LogP contribution in [0.5, 0.6) is 0 Å². The van der Waals surface area contributed by atoms with E-state index < -0.39 is 44.7 Å². The largest absolute Gasteiger partial charge is 0.472 e. The normalized spacial score (nSPS) is 19.8. The molecule has 0 aliphatic heterocycles. The average molecular weight is 860 g/mol. The number of allylic oxidation sites excluding steroid dienone is 14. The van der Waals surface area contributed by atoms with E-state index in [9.17, 15) is 34.1 Å². The van der Waals surface area contributed by atoms with Gasteiger partial charge in [-0.05, 0) is 70.6 Å². The van der Waals surface area contributed by atoms with E-state index in [0.29, 0.717) is 32.1 Å². The summed E-state index contributed by atoms with van der Waals surface area (Å²) in [6.45, 7) is 3.08. The molecule has 0 spiro atoms. The third-order valence-electron chi connectivity index (χ3n) is 9.34. The number of unbranched alkanes of at least 4 members (excludes halogenated alkanes) is 3. The number of ketones is 1. The molecule has 6 atom stereocenters. The lowest BCUT2D eigenvalue weighted by Crippen LogP contribution is -2.29. The first-order valence-corrected chi connectivity index (χ1v) is 23.3. The van der Waals surface area contributed by atoms with Gasteiger partial charge in [-0.1, -0.05) is 130 Å². The summed E-state index contributed by atoms with van der Waals surface area (Å²) in [6, 6.07) is 0. The van der Waals surface area contributed by atoms with Crippen molar-refractivity contribution in [1.82, 2.24) is 0 Å². The Labute approximate surface area is 359 Å². The van der Waals surface area contributed by atoms with E-state index in [-0.39, 0.29) is 56.6 Å². The number of hydrogen-bond acceptors (Lipinski definition) is 11. The Hall–Kier alpha value is -3.48. The summed E-state index contributed by atoms with van der Waals surface area (Å²) in [6.07, 6.45) is 41.1. The van der Waals surface area contributed by atoms with Gasteiger partial charge in [-0.15, -0.1) is 0 Å². The molecule has 1 aliphatic rings. The topological polar surface area (TPSA) is 192 Å². The van der Waals surface area contributed by atoms with Gasteiger partial charge in [0.15, 0.2) is 6.10 Å². The number of aliphatic hydroxyl groups is 2. The second-order valence-electron chi connectivity index (χ2n) is 14.6. The minimum atomic E-state index is -4.48. The Morgan fingerprint density at radius 2 is 1.38 bits per heavy atom. The van der Waals surface area contributed by atoms with Crippen molar-refractivity contribution < 1.29 is 52.6 Å². The van der Waals surface area contributed by atoms with Crippen LogP contribution in [0.2, 0.25) is 0 Å². The summed E-state index contributed by atoms with van der Waals surface area (Å²) in [5, 5.41) is 20.7. The number of phosphoric ester groups is 1. The quantitative estimate of drug-likeness (QED) is 0.0205. The number of carbonyl (C=O) groups excluding carboxylic acids is 3. The molecule has 0 radical (unpaired) electrons. The third kappa shape index (κ3) is 29.7. The van der Waals surface area contributed by atoms with E-state index in [2.05, 4.69) is 74.6 Å². The van der Waals surface area contributed by atoms with Crippen LogP contribution in [0.1, 0.15) is 123 Å². The van der Waals surface area contributed by atoms with E-state index in [0.717, 1.165) is 57.8 Å². The molecule has 1 saturated carbocycles. The van der Waals surface area contributed by atoms with Gasteiger partial charge < -0.3 is 30.3 Å². The smallest absolute Gasteiger partial charge is 0.462 e. The van der Waals surface area contributed by atoms with Crippen LogP contribution in [0.25, 0.3) is 0 Å². The van der Waals surface area contributed by atoms with Gasteiger partial charge in [0.25, 0.3) is 0 Å². The number of carbonyl (C=O) groups is 3. The van der Waals surface area contributed by atoms with Gasteiger partial charge in [-0.25, -0.2) is 4.57 Å². The molecule has 0 amide bonds. The van der Waals surface area contributed by atoms with Gasteiger partial charge in [-0.2, -0.15) is 0 Å². The molecule has 0 aromatic rings. The Bertz CT molecular complexity index is 1460. The fourth-order valence-corrected chi connectivity index (χ4v) is 6.82. The number of Topliss-reactive ketones (excluding diaryl/α,β-unsaturated/α-hetero) is 1. The maximum atomic E-state index is 12.7. The number of hydrogen-bond donors (Lipinski definition) is 4. The molecule has 0 aromatic heterocycles. The molecule has 1 rings (SSSR count). The molecule has 338 valence electrons. The molecular formula is C47H74NO11P. The summed E-state index contributed by atoms with van der Waals surface area (Å²) in [5.74, 6) is -1.90. The predicted molar refractivity (Wildman–Crippen MR) is 239 cm³/mol. The lowest BCUT2D eigenvalue weighted by atomic mass is 9.90. The maximum absolute atomic E-state index is 12.7. The highest BCUT2D eigenvalue weighted by molar-refractivity contribution is 7.47. The highest BCUT2D eigenvalue weighted by atomic mass is 31.2. The third-order valence-corrected chi connectivity index (χ3v) is 10.3. The summed E-state index contributed by atoms with van der Waals surface area (Å²) < 4.78 is 32.6. The van der Waals surface area contributed by atoms with Gasteiger partial charge >= 0.3 is 19.8 Å². The van der Waals surface area contributed by atoms with Gasteiger partial charge in [0.1, 0.15) is 12.4 Å². The van der Waals surface area contributed by atoms with Crippen molar-refractivity contribution in [3.63, 3.8) is 0 Å². The number of nitrogens with two attached hydrogens (primary N) is 1. The maximum Gasteiger partial charge on any atom is 0.472 e. The van der Waals surface area contributed by atoms with Crippen LogP contribution in [0.15, 0.2) is 97.2 Å². The van der Waals surface area contributed by atoms with Gasteiger partial charge in [0.2, 0.25) is 0 Å². The zero-order valence-corrected chi connectivity index (χ0v) is 37.0. The molecule has 60 heavy (non-hydrogen) atoms. The molecule has 1 unspecified atom stereocenters. The highest BCUT2D eigenvalue weighted by Gasteiger charge is 2.39. The lowest BCUT2D eigenvalue weighted by Gasteiger charge is -2.19. The molecular weight excluding hydrogens is 785 g/mol. The first-order valence-electron chi connectivity index (χ1n) is 21.8. The zero-order chi connectivity index (χ0) is 44.1. The van der Waals surface area contributed by atoms with Crippen LogP contribution in [0.3, 0.4) is 0 Å². The summed E-state index contributed by atoms with van der Waals surface area (Å²) in [5.41, 5.74) is 5.33. The lowest BCUT2D eigenvalue weighted by molar-refractivity contribution is -0.161. The minimum absolute atomic E-state index is 0.00494. The monoisotopic (exact) mass is 859 g/mol. The molecule has 0 bridgehead atoms. The van der Waals surface area contributed by atoms with E-state index in [1.165, 1.54) is 0 Å². The zero-order valence-electron chi connectivity index (χ0n) is 36.1. The van der Waals surface area contributed by atoms with Crippen molar-refractivity contribution in [2.24, 2.45) is 17.6 Å². The van der Waals surface area contributed by atoms with Crippen LogP contribution in [0.4, 0.5) is 0 Å². The summed E-state index contributed by atoms with van der Waals surface area (Å²) in [7, 11) is -4.48. The number of ether oxygens (including phenoxy) is 2. The molecule has 0 aromatic carbocycles. The molecule has 1 fully saturated rings. The van der Waals surface area contributed by atoms with Crippen LogP contribution >= 0.6 is 7.82 Å². The van der Waals surface area contributed by atoms with E-state index >= 15 is 0 Å². The van der Waals surface area contributed by atoms with Crippen molar-refractivity contribution in [2.45, 2.75) is 141 Å². The Morgan fingerprint density at radius 1 is 0.783 bits per heavy atom. The van der Waals surface area contributed by atoms with Crippen molar-refractivity contribution in [3.8, 4) is 0 Å². The van der Waals surface area contributed by atoms with Crippen LogP contribution in [-0.4, -0.2) is 77.5 Å². The number of esters is 2. The number of aliphatic hydroxyl groups excluding tert-OH is 2. The average Bonchev–Trinajstić information content (AvgIpc) is 3.49. The number of rotatable bonds is 35. The fraction of sp³-hybridized carbons (Fsp3) is 0.596. The van der Waals surface area contributed by atoms with Gasteiger partial charge in [0, 0.05) is 37.6 Å². The van der Waals surface area contributed by atoms with E-state index in [1.54, 1.807) is 12.2 Å². The molecule has 1 aliphatic carbocycles. The van der Waals surface area contributed by atoms with Crippen molar-refractivity contribution >= 4 is 25.5 Å². The van der Waals surface area contributed by atoms with Crippen LogP contribution < -0.4 is 5.73 Å². The van der Waals surface area contributed by atoms with Crippen LogP contribution in [-0.2, 0) is 37.5 Å². The van der Waals surface area contributed by atoms with Crippen molar-refractivity contribution in [3.05, 3.63) is 97.2 Å². The van der Waals surface area contributed by atoms with Crippen LogP contribution in [0, 0.1) is 11.8 Å². The first-order chi connectivity index (χ1) is 29.0. The second kappa shape index (κ2) is 36.2. The van der Waals surface area contributed by atoms with Crippen molar-refractivity contribution in [2.75, 3.05) is 26.4 Å². The SMILES string of the molecule is CC/C=C\C/C=C\C/C=C\C/C=C\C/C=C\C/C=C\CCC(=O)OC[C@H](COP(=O)(O)OCCN)OC(=O)CCC/C=C\C[C@H]1C(=O)C[C@@H](O)[C@@H]1/C=C/[C@@H](O)CCCCC. The molecule has 13 heteroatoms. The highest BCUT2D eigenvalue weighted by Crippen LogP contribution is 2.43. The standard InChI is InChI=1S/C47H74NO11P/c1-3-5-7-8-9-10-11-12-13-14-15-16-17-18-19-20-21-22-27-31-46(52)56-38-41(39-58-60(54,55)57-36-35-48)59-47(53)32-28-24-23-26-30-42-43(45(51)37-44(42)50)34-33-40(49)29-25-6-4-2/h5,7,9-10,12-13,15-16,18-19,21-23,26,33-34,40-43,45,49,51H,3-4,6,8,11,14,17,20,24-25,27-32,35-39,48H2,1-2H3,(H,54,55)/b7-5-,10-9-,13-12-,16-15-,19-18-,22-21-,26-23-,34-33+/t40-,41+,42+,43+,45+/m0/s1. The molecule has 0 saturated heterocycles. The predicted octanol–water partition coefficient (Wildman–Crippen LogP) is 9.19. The fourth-order valence-electron chi connectivity index (χ4n) is 6.05. The molecule has 5 N–H and O–H groups in total. The Morgan fingerprint density at radius 3 is 1.98 bits per heavy atom. The van der Waals surface area contributed by atoms with Gasteiger partial charge in [0.05, 0.1) is 25.4 Å². The minimum Gasteiger partial charge on any atom is -0.462 e. The second-order valence-corrected chi connectivity index (χ2v) is 16.1. The van der Waals surface area contributed by atoms with Gasteiger partial charge in [-0.3, -0.25) is 23.4 Å². The Balaban J connectivity index is 2.47. The molecule has 0 heterocycles. The summed E-state index contributed by atoms with van der Waals surface area (Å²) in [4.78, 5) is 47.6. The van der Waals surface area contributed by atoms with E-state index in [1.807, 2.05) is 24.3 Å². The molecule has 12 nitrogen and oxygen atoms in total. The summed E-state index contributed by atoms with van der Waals surface area (Å²) >= 11 is 0.